The third kappa shape index (κ3) is 2.52. The fraction of sp³-hybridized carbons (Fsp3) is 0.500. The maximum atomic E-state index is 10.8. The van der Waals surface area contributed by atoms with Crippen LogP contribution in [0.4, 0.5) is 0 Å². The number of thioether (sulfide) groups is 1. The number of aromatic nitrogens is 3. The van der Waals surface area contributed by atoms with E-state index in [1.54, 1.807) is 6.20 Å². The molecule has 1 N–H and O–H groups in total. The first kappa shape index (κ1) is 13.4. The van der Waals surface area contributed by atoms with Crippen molar-refractivity contribution in [1.29, 1.82) is 0 Å². The van der Waals surface area contributed by atoms with E-state index in [2.05, 4.69) is 21.5 Å². The molecule has 1 fully saturated rings. The number of rotatable bonds is 4. The molecule has 3 rings (SSSR count). The number of nitrogens with zero attached hydrogens (tertiary/aromatic N) is 3. The third-order valence-electron chi connectivity index (χ3n) is 3.77. The Kier molecular flexibility index (Phi) is 3.65. The standard InChI is InChI=1S/C14H17N3O2S/c1-9-4-5-10(7-9)17-13-11(3-2-6-15-13)16-14(17)20-8-12(18)19/h2-3,6,9-10H,4-5,7-8H2,1H3,(H,18,19). The Labute approximate surface area is 121 Å². The molecular formula is C14H17N3O2S. The molecule has 2 heterocycles. The van der Waals surface area contributed by atoms with Crippen LogP contribution in [0.1, 0.15) is 32.2 Å². The molecule has 6 heteroatoms. The van der Waals surface area contributed by atoms with Crippen LogP contribution in [-0.4, -0.2) is 31.4 Å². The first-order valence-electron chi connectivity index (χ1n) is 6.82. The van der Waals surface area contributed by atoms with E-state index in [1.165, 1.54) is 18.2 Å². The van der Waals surface area contributed by atoms with E-state index in [-0.39, 0.29) is 5.75 Å². The van der Waals surface area contributed by atoms with Gasteiger partial charge in [-0.15, -0.1) is 0 Å². The normalized spacial score (nSPS) is 22.4. The maximum absolute atomic E-state index is 10.8. The number of imidazole rings is 1. The van der Waals surface area contributed by atoms with Gasteiger partial charge in [0.1, 0.15) is 5.52 Å². The second-order valence-electron chi connectivity index (χ2n) is 5.36. The van der Waals surface area contributed by atoms with Gasteiger partial charge in [0.2, 0.25) is 0 Å². The number of aliphatic carboxylic acids is 1. The summed E-state index contributed by atoms with van der Waals surface area (Å²) < 4.78 is 2.15. The number of carboxylic acids is 1. The van der Waals surface area contributed by atoms with E-state index in [1.807, 2.05) is 12.1 Å². The molecule has 0 saturated heterocycles. The third-order valence-corrected chi connectivity index (χ3v) is 4.71. The Bertz CT molecular complexity index is 640. The average molecular weight is 291 g/mol. The molecule has 0 bridgehead atoms. The van der Waals surface area contributed by atoms with Crippen molar-refractivity contribution in [1.82, 2.24) is 14.5 Å². The minimum atomic E-state index is -0.818. The predicted molar refractivity (Wildman–Crippen MR) is 77.9 cm³/mol. The average Bonchev–Trinajstić information content (AvgIpc) is 2.99. The number of fused-ring (bicyclic) bond motifs is 1. The van der Waals surface area contributed by atoms with E-state index in [4.69, 9.17) is 5.11 Å². The van der Waals surface area contributed by atoms with Crippen molar-refractivity contribution in [3.05, 3.63) is 18.3 Å². The summed E-state index contributed by atoms with van der Waals surface area (Å²) in [5.41, 5.74) is 1.72. The molecule has 1 saturated carbocycles. The van der Waals surface area contributed by atoms with Crippen LogP contribution in [0, 0.1) is 5.92 Å². The van der Waals surface area contributed by atoms with Crippen molar-refractivity contribution in [3.63, 3.8) is 0 Å². The summed E-state index contributed by atoms with van der Waals surface area (Å²) in [6.45, 7) is 2.26. The Hall–Kier alpha value is -1.56. The first-order chi connectivity index (χ1) is 9.65. The van der Waals surface area contributed by atoms with Crippen LogP contribution in [-0.2, 0) is 4.79 Å². The van der Waals surface area contributed by atoms with E-state index in [0.717, 1.165) is 29.2 Å². The molecular weight excluding hydrogens is 274 g/mol. The molecule has 0 amide bonds. The minimum absolute atomic E-state index is 0.0333. The van der Waals surface area contributed by atoms with Gasteiger partial charge in [0.15, 0.2) is 10.8 Å². The van der Waals surface area contributed by atoms with Gasteiger partial charge in [-0.1, -0.05) is 18.7 Å². The predicted octanol–water partition coefficient (Wildman–Crippen LogP) is 2.97. The molecule has 0 aromatic carbocycles. The SMILES string of the molecule is CC1CCC(n2c(SCC(=O)O)nc3cccnc32)C1. The van der Waals surface area contributed by atoms with Crippen LogP contribution in [0.3, 0.4) is 0 Å². The molecule has 2 aromatic rings. The summed E-state index contributed by atoms with van der Waals surface area (Å²) in [5.74, 6) is -0.0779. The van der Waals surface area contributed by atoms with Crippen molar-refractivity contribution in [3.8, 4) is 0 Å². The molecule has 1 aliphatic carbocycles. The summed E-state index contributed by atoms with van der Waals surface area (Å²) in [6.07, 6.45) is 5.21. The zero-order chi connectivity index (χ0) is 14.1. The van der Waals surface area contributed by atoms with Gasteiger partial charge < -0.3 is 9.67 Å². The molecule has 2 atom stereocenters. The number of hydrogen-bond acceptors (Lipinski definition) is 4. The van der Waals surface area contributed by atoms with Crippen molar-refractivity contribution in [2.75, 3.05) is 5.75 Å². The van der Waals surface area contributed by atoms with E-state index < -0.39 is 5.97 Å². The van der Waals surface area contributed by atoms with Crippen molar-refractivity contribution >= 4 is 28.9 Å². The lowest BCUT2D eigenvalue weighted by Gasteiger charge is -2.15. The molecule has 1 aliphatic rings. The lowest BCUT2D eigenvalue weighted by Crippen LogP contribution is -2.09. The Morgan fingerprint density at radius 3 is 3.10 bits per heavy atom. The molecule has 0 spiro atoms. The number of pyridine rings is 1. The first-order valence-corrected chi connectivity index (χ1v) is 7.81. The zero-order valence-electron chi connectivity index (χ0n) is 11.3. The summed E-state index contributed by atoms with van der Waals surface area (Å²) in [6, 6.07) is 4.19. The van der Waals surface area contributed by atoms with Gasteiger partial charge in [0, 0.05) is 12.2 Å². The molecule has 0 radical (unpaired) electrons. The van der Waals surface area contributed by atoms with E-state index in [0.29, 0.717) is 12.0 Å². The lowest BCUT2D eigenvalue weighted by molar-refractivity contribution is -0.133. The fourth-order valence-corrected chi connectivity index (χ4v) is 3.67. The van der Waals surface area contributed by atoms with Gasteiger partial charge in [0.05, 0.1) is 5.75 Å². The van der Waals surface area contributed by atoms with Crippen LogP contribution < -0.4 is 0 Å². The zero-order valence-corrected chi connectivity index (χ0v) is 12.1. The molecule has 106 valence electrons. The van der Waals surface area contributed by atoms with Gasteiger partial charge in [-0.25, -0.2) is 9.97 Å². The molecule has 2 aromatic heterocycles. The fourth-order valence-electron chi connectivity index (χ4n) is 2.88. The Morgan fingerprint density at radius 1 is 1.55 bits per heavy atom. The summed E-state index contributed by atoms with van der Waals surface area (Å²) in [5, 5.41) is 9.65. The van der Waals surface area contributed by atoms with Gasteiger partial charge in [0.25, 0.3) is 0 Å². The molecule has 2 unspecified atom stereocenters. The highest BCUT2D eigenvalue weighted by molar-refractivity contribution is 7.99. The summed E-state index contributed by atoms with van der Waals surface area (Å²) >= 11 is 1.28. The van der Waals surface area contributed by atoms with Gasteiger partial charge >= 0.3 is 5.97 Å². The highest BCUT2D eigenvalue weighted by Gasteiger charge is 2.27. The highest BCUT2D eigenvalue weighted by Crippen LogP contribution is 2.38. The van der Waals surface area contributed by atoms with Crippen molar-refractivity contribution < 1.29 is 9.90 Å². The van der Waals surface area contributed by atoms with E-state index in [9.17, 15) is 4.79 Å². The Balaban J connectivity index is 2.01. The number of carboxylic acid groups (broad SMARTS) is 1. The van der Waals surface area contributed by atoms with Crippen LogP contribution in [0.2, 0.25) is 0 Å². The second-order valence-corrected chi connectivity index (χ2v) is 6.31. The number of hydrogen-bond donors (Lipinski definition) is 1. The van der Waals surface area contributed by atoms with Crippen LogP contribution in [0.15, 0.2) is 23.5 Å². The topological polar surface area (TPSA) is 68.0 Å². The second kappa shape index (κ2) is 5.44. The molecule has 5 nitrogen and oxygen atoms in total. The summed E-state index contributed by atoms with van der Waals surface area (Å²) in [4.78, 5) is 19.8. The van der Waals surface area contributed by atoms with Gasteiger partial charge in [-0.2, -0.15) is 0 Å². The maximum Gasteiger partial charge on any atom is 0.313 e. The summed E-state index contributed by atoms with van der Waals surface area (Å²) in [7, 11) is 0. The molecule has 20 heavy (non-hydrogen) atoms. The minimum Gasteiger partial charge on any atom is -0.481 e. The van der Waals surface area contributed by atoms with Crippen molar-refractivity contribution in [2.24, 2.45) is 5.92 Å². The monoisotopic (exact) mass is 291 g/mol. The highest BCUT2D eigenvalue weighted by atomic mass is 32.2. The Morgan fingerprint density at radius 2 is 2.40 bits per heavy atom. The molecule has 0 aliphatic heterocycles. The quantitative estimate of drug-likeness (QED) is 0.877. The number of carbonyl (C=O) groups is 1. The van der Waals surface area contributed by atoms with Crippen LogP contribution in [0.25, 0.3) is 11.2 Å². The smallest absolute Gasteiger partial charge is 0.313 e. The van der Waals surface area contributed by atoms with Crippen LogP contribution in [0.5, 0.6) is 0 Å². The van der Waals surface area contributed by atoms with Crippen LogP contribution >= 0.6 is 11.8 Å². The van der Waals surface area contributed by atoms with Gasteiger partial charge in [-0.05, 0) is 37.3 Å². The van der Waals surface area contributed by atoms with E-state index >= 15 is 0 Å². The largest absolute Gasteiger partial charge is 0.481 e. The lowest BCUT2D eigenvalue weighted by atomic mass is 10.1. The van der Waals surface area contributed by atoms with Crippen molar-refractivity contribution in [2.45, 2.75) is 37.4 Å². The van der Waals surface area contributed by atoms with Gasteiger partial charge in [-0.3, -0.25) is 4.79 Å².